The van der Waals surface area contributed by atoms with Crippen LogP contribution in [0.15, 0.2) is 35.2 Å². The van der Waals surface area contributed by atoms with Crippen LogP contribution in [-0.2, 0) is 14.8 Å². The minimum absolute atomic E-state index is 0.0785. The molecule has 0 spiro atoms. The molecule has 0 aliphatic heterocycles. The van der Waals surface area contributed by atoms with E-state index in [-0.39, 0.29) is 10.8 Å². The summed E-state index contributed by atoms with van der Waals surface area (Å²) in [6, 6.07) is 8.25. The molecule has 0 atom stereocenters. The number of nitrogens with one attached hydrogen (secondary N) is 2. The van der Waals surface area contributed by atoms with Crippen molar-refractivity contribution in [3.63, 3.8) is 0 Å². The number of thiazole rings is 1. The lowest BCUT2D eigenvalue weighted by Gasteiger charge is -2.09. The van der Waals surface area contributed by atoms with E-state index < -0.39 is 10.0 Å². The van der Waals surface area contributed by atoms with Gasteiger partial charge in [-0.3, -0.25) is 9.52 Å². The van der Waals surface area contributed by atoms with Gasteiger partial charge < -0.3 is 5.32 Å². The first kappa shape index (κ1) is 17.8. The van der Waals surface area contributed by atoms with E-state index in [0.29, 0.717) is 21.9 Å². The molecule has 2 N–H and O–H groups in total. The topological polar surface area (TPSA) is 114 Å². The summed E-state index contributed by atoms with van der Waals surface area (Å²) >= 11 is 2.25. The van der Waals surface area contributed by atoms with E-state index in [1.807, 2.05) is 6.92 Å². The Labute approximate surface area is 162 Å². The SMILES string of the molecule is CC(=O)Nc1nc2c(C)cc(NS(=O)(=O)c3cccc4nsnc34)cc2s1. The Morgan fingerprint density at radius 2 is 1.96 bits per heavy atom. The molecule has 2 aromatic heterocycles. The predicted octanol–water partition coefficient (Wildman–Crippen LogP) is 3.37. The lowest BCUT2D eigenvalue weighted by Crippen LogP contribution is -2.13. The average Bonchev–Trinajstić information content (AvgIpc) is 3.19. The Kier molecular flexibility index (Phi) is 4.29. The van der Waals surface area contributed by atoms with Crippen molar-refractivity contribution in [1.29, 1.82) is 0 Å². The van der Waals surface area contributed by atoms with Gasteiger partial charge in [0, 0.05) is 6.92 Å². The number of fused-ring (bicyclic) bond motifs is 2. The van der Waals surface area contributed by atoms with Crippen molar-refractivity contribution >= 4 is 71.1 Å². The van der Waals surface area contributed by atoms with Crippen molar-refractivity contribution in [2.75, 3.05) is 10.0 Å². The summed E-state index contributed by atoms with van der Waals surface area (Å²) in [5.74, 6) is -0.211. The van der Waals surface area contributed by atoms with Crippen LogP contribution in [-0.4, -0.2) is 28.1 Å². The summed E-state index contributed by atoms with van der Waals surface area (Å²) in [6.45, 7) is 3.24. The van der Waals surface area contributed by atoms with Gasteiger partial charge in [0.1, 0.15) is 15.9 Å². The highest BCUT2D eigenvalue weighted by Crippen LogP contribution is 2.32. The van der Waals surface area contributed by atoms with Crippen LogP contribution in [0.2, 0.25) is 0 Å². The van der Waals surface area contributed by atoms with Crippen LogP contribution in [0.5, 0.6) is 0 Å². The number of amides is 1. The van der Waals surface area contributed by atoms with E-state index in [0.717, 1.165) is 27.5 Å². The van der Waals surface area contributed by atoms with Crippen LogP contribution in [0.3, 0.4) is 0 Å². The molecule has 0 bridgehead atoms. The molecular weight excluding hydrogens is 406 g/mol. The maximum Gasteiger partial charge on any atom is 0.264 e. The van der Waals surface area contributed by atoms with Crippen LogP contribution in [0.1, 0.15) is 12.5 Å². The third kappa shape index (κ3) is 3.36. The fourth-order valence-corrected chi connectivity index (χ4v) is 5.51. The highest BCUT2D eigenvalue weighted by molar-refractivity contribution is 7.93. The minimum Gasteiger partial charge on any atom is -0.302 e. The maximum absolute atomic E-state index is 12.9. The molecule has 0 aliphatic carbocycles. The van der Waals surface area contributed by atoms with E-state index in [1.165, 1.54) is 24.3 Å². The number of aryl methyl sites for hydroxylation is 1. The Morgan fingerprint density at radius 1 is 1.15 bits per heavy atom. The molecule has 27 heavy (non-hydrogen) atoms. The second-order valence-corrected chi connectivity index (χ2v) is 9.04. The first-order valence-electron chi connectivity index (χ1n) is 7.76. The molecule has 138 valence electrons. The van der Waals surface area contributed by atoms with Gasteiger partial charge in [0.15, 0.2) is 5.13 Å². The van der Waals surface area contributed by atoms with E-state index >= 15 is 0 Å². The number of hydrogen-bond acceptors (Lipinski definition) is 8. The standard InChI is InChI=1S/C16H13N5O3S3/c1-8-6-10(7-12-14(8)18-16(25-12)17-9(2)22)21-27(23,24)13-5-3-4-11-15(13)20-26-19-11/h3-7,21H,1-2H3,(H,17,18,22). The normalized spacial score (nSPS) is 11.8. The molecule has 4 aromatic rings. The molecule has 2 heterocycles. The van der Waals surface area contributed by atoms with Gasteiger partial charge in [-0.25, -0.2) is 13.4 Å². The Morgan fingerprint density at radius 3 is 2.74 bits per heavy atom. The number of rotatable bonds is 4. The molecule has 0 radical (unpaired) electrons. The van der Waals surface area contributed by atoms with Crippen LogP contribution in [0, 0.1) is 6.92 Å². The lowest BCUT2D eigenvalue weighted by molar-refractivity contribution is -0.114. The maximum atomic E-state index is 12.9. The molecule has 4 rings (SSSR count). The molecular formula is C16H13N5O3S3. The second kappa shape index (κ2) is 6.51. The molecule has 0 saturated heterocycles. The van der Waals surface area contributed by atoms with Gasteiger partial charge in [0.2, 0.25) is 5.91 Å². The zero-order chi connectivity index (χ0) is 19.2. The lowest BCUT2D eigenvalue weighted by atomic mass is 10.2. The minimum atomic E-state index is -3.84. The van der Waals surface area contributed by atoms with Gasteiger partial charge in [-0.2, -0.15) is 8.75 Å². The number of benzene rings is 2. The summed E-state index contributed by atoms with van der Waals surface area (Å²) in [5.41, 5.74) is 2.82. The fourth-order valence-electron chi connectivity index (χ4n) is 2.67. The van der Waals surface area contributed by atoms with Crippen molar-refractivity contribution in [2.24, 2.45) is 0 Å². The number of carbonyl (C=O) groups excluding carboxylic acids is 1. The number of sulfonamides is 1. The summed E-state index contributed by atoms with van der Waals surface area (Å²) in [5, 5.41) is 3.12. The molecule has 8 nitrogen and oxygen atoms in total. The largest absolute Gasteiger partial charge is 0.302 e. The molecule has 2 aromatic carbocycles. The van der Waals surface area contributed by atoms with Crippen molar-refractivity contribution in [2.45, 2.75) is 18.7 Å². The van der Waals surface area contributed by atoms with Crippen molar-refractivity contribution < 1.29 is 13.2 Å². The Balaban J connectivity index is 1.74. The highest BCUT2D eigenvalue weighted by atomic mass is 32.2. The number of anilines is 2. The van der Waals surface area contributed by atoms with Gasteiger partial charge >= 0.3 is 0 Å². The van der Waals surface area contributed by atoms with E-state index in [2.05, 4.69) is 23.8 Å². The van der Waals surface area contributed by atoms with Gasteiger partial charge in [0.05, 0.1) is 27.6 Å². The van der Waals surface area contributed by atoms with Crippen LogP contribution in [0.25, 0.3) is 21.3 Å². The molecule has 11 heteroatoms. The first-order chi connectivity index (χ1) is 12.8. The number of nitrogens with zero attached hydrogens (tertiary/aromatic N) is 3. The van der Waals surface area contributed by atoms with Crippen molar-refractivity contribution in [3.8, 4) is 0 Å². The average molecular weight is 420 g/mol. The van der Waals surface area contributed by atoms with E-state index in [1.54, 1.807) is 24.3 Å². The van der Waals surface area contributed by atoms with E-state index in [9.17, 15) is 13.2 Å². The smallest absolute Gasteiger partial charge is 0.264 e. The molecule has 0 aliphatic rings. The van der Waals surface area contributed by atoms with Crippen molar-refractivity contribution in [1.82, 2.24) is 13.7 Å². The molecule has 0 fully saturated rings. The zero-order valence-electron chi connectivity index (χ0n) is 14.2. The zero-order valence-corrected chi connectivity index (χ0v) is 16.6. The van der Waals surface area contributed by atoms with Crippen molar-refractivity contribution in [3.05, 3.63) is 35.9 Å². The molecule has 0 unspecified atom stereocenters. The number of hydrogen-bond donors (Lipinski definition) is 2. The number of aromatic nitrogens is 3. The van der Waals surface area contributed by atoms with Gasteiger partial charge in [-0.1, -0.05) is 17.4 Å². The molecule has 1 amide bonds. The fraction of sp³-hybridized carbons (Fsp3) is 0.125. The summed E-state index contributed by atoms with van der Waals surface area (Å²) in [4.78, 5) is 15.7. The third-order valence-electron chi connectivity index (χ3n) is 3.76. The summed E-state index contributed by atoms with van der Waals surface area (Å²) in [6.07, 6.45) is 0. The Hall–Kier alpha value is -2.63. The Bertz CT molecular complexity index is 1290. The summed E-state index contributed by atoms with van der Waals surface area (Å²) in [7, 11) is -3.84. The molecule has 0 saturated carbocycles. The van der Waals surface area contributed by atoms with Crippen LogP contribution in [0.4, 0.5) is 10.8 Å². The summed E-state index contributed by atoms with van der Waals surface area (Å²) < 4.78 is 37.3. The predicted molar refractivity (Wildman–Crippen MR) is 107 cm³/mol. The third-order valence-corrected chi connectivity index (χ3v) is 6.63. The monoisotopic (exact) mass is 419 g/mol. The van der Waals surface area contributed by atoms with Gasteiger partial charge in [-0.15, -0.1) is 0 Å². The second-order valence-electron chi connectivity index (χ2n) is 5.83. The van der Waals surface area contributed by atoms with Crippen LogP contribution >= 0.6 is 23.1 Å². The van der Waals surface area contributed by atoms with E-state index in [4.69, 9.17) is 0 Å². The highest BCUT2D eigenvalue weighted by Gasteiger charge is 2.20. The number of carbonyl (C=O) groups is 1. The van der Waals surface area contributed by atoms with Crippen LogP contribution < -0.4 is 10.0 Å². The quantitative estimate of drug-likeness (QED) is 0.524. The van der Waals surface area contributed by atoms with Gasteiger partial charge in [-0.05, 0) is 36.8 Å². The van der Waals surface area contributed by atoms with Gasteiger partial charge in [0.25, 0.3) is 10.0 Å². The first-order valence-corrected chi connectivity index (χ1v) is 10.8.